The number of rotatable bonds is 2. The lowest BCUT2D eigenvalue weighted by Gasteiger charge is -2.07. The average molecular weight is 263 g/mol. The predicted molar refractivity (Wildman–Crippen MR) is 78.5 cm³/mol. The number of hydrogen-bond donors (Lipinski definition) is 0. The number of aromatic nitrogens is 1. The Hall–Kier alpha value is -2.68. The van der Waals surface area contributed by atoms with Crippen LogP contribution in [-0.2, 0) is 4.74 Å². The third kappa shape index (κ3) is 2.14. The summed E-state index contributed by atoms with van der Waals surface area (Å²) in [5.74, 6) is -0.324. The Balaban J connectivity index is 2.19. The van der Waals surface area contributed by atoms with Gasteiger partial charge in [0.25, 0.3) is 0 Å². The van der Waals surface area contributed by atoms with E-state index >= 15 is 0 Å². The molecule has 0 saturated heterocycles. The van der Waals surface area contributed by atoms with Gasteiger partial charge in [-0.05, 0) is 35.0 Å². The van der Waals surface area contributed by atoms with Crippen molar-refractivity contribution in [3.05, 3.63) is 66.4 Å². The fourth-order valence-corrected chi connectivity index (χ4v) is 2.27. The first-order valence-corrected chi connectivity index (χ1v) is 6.32. The summed E-state index contributed by atoms with van der Waals surface area (Å²) >= 11 is 0. The Morgan fingerprint density at radius 2 is 1.95 bits per heavy atom. The van der Waals surface area contributed by atoms with Gasteiger partial charge in [-0.2, -0.15) is 0 Å². The van der Waals surface area contributed by atoms with Crippen LogP contribution >= 0.6 is 0 Å². The third-order valence-electron chi connectivity index (χ3n) is 3.24. The first-order valence-electron chi connectivity index (χ1n) is 6.32. The highest BCUT2D eigenvalue weighted by molar-refractivity contribution is 6.00. The average Bonchev–Trinajstić information content (AvgIpc) is 2.53. The van der Waals surface area contributed by atoms with Crippen LogP contribution in [0.2, 0.25) is 0 Å². The summed E-state index contributed by atoms with van der Waals surface area (Å²) in [7, 11) is 1.39. The minimum atomic E-state index is -0.324. The van der Waals surface area contributed by atoms with Crippen molar-refractivity contribution in [2.24, 2.45) is 0 Å². The minimum absolute atomic E-state index is 0.324. The van der Waals surface area contributed by atoms with Gasteiger partial charge in [-0.25, -0.2) is 4.79 Å². The van der Waals surface area contributed by atoms with Gasteiger partial charge in [-0.3, -0.25) is 4.98 Å². The molecule has 0 radical (unpaired) electrons. The lowest BCUT2D eigenvalue weighted by atomic mass is 10.00. The second-order valence-corrected chi connectivity index (χ2v) is 4.45. The van der Waals surface area contributed by atoms with Gasteiger partial charge in [0.15, 0.2) is 0 Å². The molecule has 98 valence electrons. The normalized spacial score (nSPS) is 10.4. The molecule has 0 unspecified atom stereocenters. The summed E-state index contributed by atoms with van der Waals surface area (Å²) in [5.41, 5.74) is 2.53. The van der Waals surface area contributed by atoms with E-state index in [1.165, 1.54) is 7.11 Å². The molecule has 0 aliphatic carbocycles. The van der Waals surface area contributed by atoms with Gasteiger partial charge >= 0.3 is 5.97 Å². The van der Waals surface area contributed by atoms with Crippen molar-refractivity contribution in [1.82, 2.24) is 4.98 Å². The Labute approximate surface area is 116 Å². The molecule has 20 heavy (non-hydrogen) atoms. The molecule has 0 saturated carbocycles. The zero-order valence-corrected chi connectivity index (χ0v) is 11.0. The molecule has 3 rings (SSSR count). The Morgan fingerprint density at radius 1 is 1.05 bits per heavy atom. The zero-order valence-electron chi connectivity index (χ0n) is 11.0. The fourth-order valence-electron chi connectivity index (χ4n) is 2.27. The molecule has 3 aromatic rings. The second-order valence-electron chi connectivity index (χ2n) is 4.45. The molecule has 3 heteroatoms. The quantitative estimate of drug-likeness (QED) is 0.662. The Bertz CT molecular complexity index is 766. The van der Waals surface area contributed by atoms with Crippen molar-refractivity contribution < 1.29 is 9.53 Å². The van der Waals surface area contributed by atoms with E-state index in [9.17, 15) is 4.79 Å². The number of esters is 1. The number of carbonyl (C=O) groups is 1. The monoisotopic (exact) mass is 263 g/mol. The topological polar surface area (TPSA) is 39.2 Å². The van der Waals surface area contributed by atoms with Crippen molar-refractivity contribution in [3.63, 3.8) is 0 Å². The molecular formula is C17H13NO2. The van der Waals surface area contributed by atoms with Gasteiger partial charge in [0.1, 0.15) is 0 Å². The van der Waals surface area contributed by atoms with Crippen molar-refractivity contribution in [1.29, 1.82) is 0 Å². The molecule has 1 heterocycles. The van der Waals surface area contributed by atoms with Crippen molar-refractivity contribution in [2.45, 2.75) is 0 Å². The van der Waals surface area contributed by atoms with E-state index in [0.29, 0.717) is 5.56 Å². The number of methoxy groups -OCH3 is 1. The maximum Gasteiger partial charge on any atom is 0.337 e. The molecule has 2 aromatic carbocycles. The summed E-state index contributed by atoms with van der Waals surface area (Å²) in [4.78, 5) is 16.0. The van der Waals surface area contributed by atoms with Crippen LogP contribution in [0.4, 0.5) is 0 Å². The number of nitrogens with zero attached hydrogens (tertiary/aromatic N) is 1. The van der Waals surface area contributed by atoms with E-state index in [-0.39, 0.29) is 5.97 Å². The van der Waals surface area contributed by atoms with Crippen LogP contribution in [0.5, 0.6) is 0 Å². The maximum absolute atomic E-state index is 11.6. The van der Waals surface area contributed by atoms with Crippen LogP contribution in [0.1, 0.15) is 10.4 Å². The molecule has 0 bridgehead atoms. The number of benzene rings is 2. The van der Waals surface area contributed by atoms with E-state index in [1.54, 1.807) is 12.3 Å². The van der Waals surface area contributed by atoms with Gasteiger partial charge in [-0.1, -0.05) is 30.3 Å². The zero-order chi connectivity index (χ0) is 13.9. The summed E-state index contributed by atoms with van der Waals surface area (Å²) in [6.45, 7) is 0. The Morgan fingerprint density at radius 3 is 2.70 bits per heavy atom. The molecule has 0 N–H and O–H groups in total. The molecule has 0 atom stereocenters. The number of hydrogen-bond acceptors (Lipinski definition) is 3. The fraction of sp³-hybridized carbons (Fsp3) is 0.0588. The standard InChI is InChI=1S/C17H13NO2/c1-20-17(19)13-8-9-14-12(11-13)5-4-6-15(14)16-7-2-3-10-18-16/h2-11H,1H3. The van der Waals surface area contributed by atoms with Crippen LogP contribution < -0.4 is 0 Å². The van der Waals surface area contributed by atoms with Crippen LogP contribution in [0.15, 0.2) is 60.8 Å². The minimum Gasteiger partial charge on any atom is -0.465 e. The van der Waals surface area contributed by atoms with Crippen LogP contribution in [0.3, 0.4) is 0 Å². The molecule has 0 fully saturated rings. The van der Waals surface area contributed by atoms with E-state index in [1.807, 2.05) is 48.5 Å². The highest BCUT2D eigenvalue weighted by Crippen LogP contribution is 2.27. The Kier molecular flexibility index (Phi) is 3.17. The summed E-state index contributed by atoms with van der Waals surface area (Å²) in [6, 6.07) is 17.4. The molecule has 0 amide bonds. The van der Waals surface area contributed by atoms with Crippen molar-refractivity contribution in [2.75, 3.05) is 7.11 Å². The van der Waals surface area contributed by atoms with Gasteiger partial charge in [-0.15, -0.1) is 0 Å². The number of carbonyl (C=O) groups excluding carboxylic acids is 1. The van der Waals surface area contributed by atoms with E-state index in [0.717, 1.165) is 22.0 Å². The number of ether oxygens (including phenoxy) is 1. The number of pyridine rings is 1. The van der Waals surface area contributed by atoms with Crippen molar-refractivity contribution >= 4 is 16.7 Å². The lowest BCUT2D eigenvalue weighted by molar-refractivity contribution is 0.0601. The van der Waals surface area contributed by atoms with Gasteiger partial charge in [0.05, 0.1) is 18.4 Å². The highest BCUT2D eigenvalue weighted by atomic mass is 16.5. The van der Waals surface area contributed by atoms with Crippen LogP contribution in [-0.4, -0.2) is 18.1 Å². The SMILES string of the molecule is COC(=O)c1ccc2c(-c3ccccn3)cccc2c1. The van der Waals surface area contributed by atoms with Gasteiger partial charge in [0, 0.05) is 11.8 Å². The lowest BCUT2D eigenvalue weighted by Crippen LogP contribution is -2.00. The maximum atomic E-state index is 11.6. The van der Waals surface area contributed by atoms with E-state index in [4.69, 9.17) is 4.74 Å². The first-order chi connectivity index (χ1) is 9.79. The largest absolute Gasteiger partial charge is 0.465 e. The molecular weight excluding hydrogens is 250 g/mol. The van der Waals surface area contributed by atoms with Crippen molar-refractivity contribution in [3.8, 4) is 11.3 Å². The predicted octanol–water partition coefficient (Wildman–Crippen LogP) is 3.69. The summed E-state index contributed by atoms with van der Waals surface area (Å²) in [5, 5.41) is 2.06. The third-order valence-corrected chi connectivity index (χ3v) is 3.24. The highest BCUT2D eigenvalue weighted by Gasteiger charge is 2.09. The second kappa shape index (κ2) is 5.13. The summed E-state index contributed by atoms with van der Waals surface area (Å²) < 4.78 is 4.75. The molecule has 0 aliphatic heterocycles. The van der Waals surface area contributed by atoms with Crippen LogP contribution in [0.25, 0.3) is 22.0 Å². The summed E-state index contributed by atoms with van der Waals surface area (Å²) in [6.07, 6.45) is 1.77. The van der Waals surface area contributed by atoms with Crippen LogP contribution in [0, 0.1) is 0 Å². The van der Waals surface area contributed by atoms with Gasteiger partial charge < -0.3 is 4.74 Å². The van der Waals surface area contributed by atoms with E-state index in [2.05, 4.69) is 4.98 Å². The van der Waals surface area contributed by atoms with E-state index < -0.39 is 0 Å². The molecule has 0 aliphatic rings. The van der Waals surface area contributed by atoms with Gasteiger partial charge in [0.2, 0.25) is 0 Å². The molecule has 0 spiro atoms. The number of fused-ring (bicyclic) bond motifs is 1. The smallest absolute Gasteiger partial charge is 0.337 e. The molecule has 3 nitrogen and oxygen atoms in total. The first kappa shape index (κ1) is 12.4. The molecule has 1 aromatic heterocycles.